The van der Waals surface area contributed by atoms with Crippen LogP contribution in [-0.4, -0.2) is 36.1 Å². The number of carbonyl (C=O) groups is 1. The van der Waals surface area contributed by atoms with Crippen LogP contribution >= 0.6 is 15.9 Å². The third-order valence-corrected chi connectivity index (χ3v) is 3.05. The second kappa shape index (κ2) is 5.28. The van der Waals surface area contributed by atoms with E-state index in [4.69, 9.17) is 5.11 Å². The number of nitrogens with zero attached hydrogens (tertiary/aromatic N) is 1. The molecule has 0 saturated carbocycles. The number of likely N-dealkylation sites (N-methyl/N-ethyl adjacent to an activating group) is 1. The molecule has 0 bridgehead atoms. The van der Waals surface area contributed by atoms with E-state index in [1.807, 2.05) is 24.3 Å². The summed E-state index contributed by atoms with van der Waals surface area (Å²) in [6.45, 7) is 0. The Labute approximate surface area is 97.8 Å². The van der Waals surface area contributed by atoms with Crippen LogP contribution in [-0.2, 0) is 11.2 Å². The smallest absolute Gasteiger partial charge is 0.321 e. The Balaban J connectivity index is 2.84. The van der Waals surface area contributed by atoms with Crippen LogP contribution in [0.25, 0.3) is 0 Å². The Hall–Kier alpha value is -0.870. The van der Waals surface area contributed by atoms with Crippen molar-refractivity contribution in [2.24, 2.45) is 0 Å². The Bertz CT molecular complexity index is 352. The number of halogens is 1. The van der Waals surface area contributed by atoms with Crippen molar-refractivity contribution in [3.05, 3.63) is 34.3 Å². The van der Waals surface area contributed by atoms with Crippen LogP contribution in [0.4, 0.5) is 0 Å². The van der Waals surface area contributed by atoms with Gasteiger partial charge in [0.15, 0.2) is 0 Å². The SMILES string of the molecule is CN(C)[C@H](Cc1ccccc1Br)C(=O)O. The van der Waals surface area contributed by atoms with Crippen LogP contribution in [0.3, 0.4) is 0 Å². The Morgan fingerprint density at radius 2 is 2.07 bits per heavy atom. The first-order valence-electron chi connectivity index (χ1n) is 4.65. The highest BCUT2D eigenvalue weighted by Crippen LogP contribution is 2.18. The average Bonchev–Trinajstić information content (AvgIpc) is 2.15. The predicted octanol–water partition coefficient (Wildman–Crippen LogP) is 2.01. The zero-order chi connectivity index (χ0) is 11.4. The third-order valence-electron chi connectivity index (χ3n) is 2.28. The summed E-state index contributed by atoms with van der Waals surface area (Å²) in [6, 6.07) is 7.20. The maximum absolute atomic E-state index is 11.0. The lowest BCUT2D eigenvalue weighted by Gasteiger charge is -2.20. The molecular weight excluding hydrogens is 258 g/mol. The van der Waals surface area contributed by atoms with Gasteiger partial charge in [-0.15, -0.1) is 0 Å². The fourth-order valence-electron chi connectivity index (χ4n) is 1.36. The molecule has 1 aromatic carbocycles. The van der Waals surface area contributed by atoms with Gasteiger partial charge in [0.25, 0.3) is 0 Å². The normalized spacial score (nSPS) is 12.8. The highest BCUT2D eigenvalue weighted by molar-refractivity contribution is 9.10. The Morgan fingerprint density at radius 1 is 1.47 bits per heavy atom. The zero-order valence-electron chi connectivity index (χ0n) is 8.77. The fraction of sp³-hybridized carbons (Fsp3) is 0.364. The molecule has 0 saturated heterocycles. The van der Waals surface area contributed by atoms with Gasteiger partial charge in [-0.05, 0) is 32.1 Å². The summed E-state index contributed by atoms with van der Waals surface area (Å²) in [6.07, 6.45) is 0.504. The molecule has 15 heavy (non-hydrogen) atoms. The largest absolute Gasteiger partial charge is 0.480 e. The van der Waals surface area contributed by atoms with Crippen LogP contribution in [0.2, 0.25) is 0 Å². The first-order chi connectivity index (χ1) is 7.02. The van der Waals surface area contributed by atoms with Gasteiger partial charge in [-0.2, -0.15) is 0 Å². The van der Waals surface area contributed by atoms with Gasteiger partial charge in [0.2, 0.25) is 0 Å². The monoisotopic (exact) mass is 271 g/mol. The van der Waals surface area contributed by atoms with Gasteiger partial charge in [0.05, 0.1) is 0 Å². The number of hydrogen-bond acceptors (Lipinski definition) is 2. The molecule has 0 spiro atoms. The first kappa shape index (κ1) is 12.2. The molecule has 3 nitrogen and oxygen atoms in total. The third kappa shape index (κ3) is 3.32. The van der Waals surface area contributed by atoms with E-state index >= 15 is 0 Å². The van der Waals surface area contributed by atoms with E-state index in [2.05, 4.69) is 15.9 Å². The summed E-state index contributed by atoms with van der Waals surface area (Å²) in [5.74, 6) is -0.796. The predicted molar refractivity (Wildman–Crippen MR) is 63.0 cm³/mol. The second-order valence-corrected chi connectivity index (χ2v) is 4.47. The molecule has 1 atom stereocenters. The van der Waals surface area contributed by atoms with E-state index in [1.165, 1.54) is 0 Å². The summed E-state index contributed by atoms with van der Waals surface area (Å²) in [7, 11) is 3.55. The molecule has 0 aliphatic rings. The van der Waals surface area contributed by atoms with Crippen molar-refractivity contribution >= 4 is 21.9 Å². The zero-order valence-corrected chi connectivity index (χ0v) is 10.4. The summed E-state index contributed by atoms with van der Waals surface area (Å²) in [4.78, 5) is 12.7. The van der Waals surface area contributed by atoms with Crippen LogP contribution in [0.1, 0.15) is 5.56 Å². The highest BCUT2D eigenvalue weighted by Gasteiger charge is 2.20. The summed E-state index contributed by atoms with van der Waals surface area (Å²) >= 11 is 3.41. The Morgan fingerprint density at radius 3 is 2.53 bits per heavy atom. The molecule has 0 aliphatic heterocycles. The van der Waals surface area contributed by atoms with Crippen molar-refractivity contribution in [1.82, 2.24) is 4.90 Å². The minimum absolute atomic E-state index is 0.483. The molecule has 0 heterocycles. The second-order valence-electron chi connectivity index (χ2n) is 3.61. The van der Waals surface area contributed by atoms with Crippen LogP contribution in [0, 0.1) is 0 Å². The summed E-state index contributed by atoms with van der Waals surface area (Å²) in [5, 5.41) is 9.04. The van der Waals surface area contributed by atoms with Crippen LogP contribution in [0.5, 0.6) is 0 Å². The van der Waals surface area contributed by atoms with E-state index in [0.717, 1.165) is 10.0 Å². The topological polar surface area (TPSA) is 40.5 Å². The van der Waals surface area contributed by atoms with Gasteiger partial charge in [0, 0.05) is 4.47 Å². The lowest BCUT2D eigenvalue weighted by atomic mass is 10.1. The first-order valence-corrected chi connectivity index (χ1v) is 5.44. The van der Waals surface area contributed by atoms with Crippen molar-refractivity contribution < 1.29 is 9.90 Å². The van der Waals surface area contributed by atoms with Crippen LogP contribution < -0.4 is 0 Å². The Kier molecular flexibility index (Phi) is 4.29. The molecule has 1 rings (SSSR count). The van der Waals surface area contributed by atoms with Gasteiger partial charge in [0.1, 0.15) is 6.04 Å². The molecule has 0 unspecified atom stereocenters. The highest BCUT2D eigenvalue weighted by atomic mass is 79.9. The molecule has 0 fully saturated rings. The number of benzene rings is 1. The molecule has 0 aromatic heterocycles. The van der Waals surface area contributed by atoms with Gasteiger partial charge < -0.3 is 5.11 Å². The van der Waals surface area contributed by atoms with E-state index < -0.39 is 12.0 Å². The van der Waals surface area contributed by atoms with E-state index in [9.17, 15) is 4.79 Å². The molecule has 0 aliphatic carbocycles. The number of carboxylic acid groups (broad SMARTS) is 1. The van der Waals surface area contributed by atoms with E-state index in [1.54, 1.807) is 19.0 Å². The molecule has 1 aromatic rings. The molecule has 4 heteroatoms. The van der Waals surface area contributed by atoms with E-state index in [-0.39, 0.29) is 0 Å². The number of rotatable bonds is 4. The molecule has 82 valence electrons. The standard InChI is InChI=1S/C11H14BrNO2/c1-13(2)10(11(14)15)7-8-5-3-4-6-9(8)12/h3-6,10H,7H2,1-2H3,(H,14,15)/t10-/m1/s1. The van der Waals surface area contributed by atoms with Crippen molar-refractivity contribution in [1.29, 1.82) is 0 Å². The number of hydrogen-bond donors (Lipinski definition) is 1. The van der Waals surface area contributed by atoms with Crippen molar-refractivity contribution in [2.75, 3.05) is 14.1 Å². The van der Waals surface area contributed by atoms with E-state index in [0.29, 0.717) is 6.42 Å². The van der Waals surface area contributed by atoms with Gasteiger partial charge >= 0.3 is 5.97 Å². The lowest BCUT2D eigenvalue weighted by molar-refractivity contribution is -0.142. The minimum atomic E-state index is -0.796. The maximum Gasteiger partial charge on any atom is 0.321 e. The van der Waals surface area contributed by atoms with Crippen molar-refractivity contribution in [2.45, 2.75) is 12.5 Å². The van der Waals surface area contributed by atoms with Crippen molar-refractivity contribution in [3.8, 4) is 0 Å². The number of aliphatic carboxylic acids is 1. The molecular formula is C11H14BrNO2. The fourth-order valence-corrected chi connectivity index (χ4v) is 1.81. The summed E-state index contributed by atoms with van der Waals surface area (Å²) < 4.78 is 0.957. The number of carboxylic acids is 1. The molecule has 0 amide bonds. The molecule has 1 N–H and O–H groups in total. The summed E-state index contributed by atoms with van der Waals surface area (Å²) in [5.41, 5.74) is 1.01. The maximum atomic E-state index is 11.0. The lowest BCUT2D eigenvalue weighted by Crippen LogP contribution is -2.37. The van der Waals surface area contributed by atoms with Gasteiger partial charge in [-0.3, -0.25) is 9.69 Å². The molecule has 0 radical (unpaired) electrons. The van der Waals surface area contributed by atoms with Gasteiger partial charge in [-0.1, -0.05) is 34.1 Å². The van der Waals surface area contributed by atoms with Crippen LogP contribution in [0.15, 0.2) is 28.7 Å². The average molecular weight is 272 g/mol. The quantitative estimate of drug-likeness (QED) is 0.911. The minimum Gasteiger partial charge on any atom is -0.480 e. The van der Waals surface area contributed by atoms with Crippen molar-refractivity contribution in [3.63, 3.8) is 0 Å². The van der Waals surface area contributed by atoms with Gasteiger partial charge in [-0.25, -0.2) is 0 Å².